The van der Waals surface area contributed by atoms with Gasteiger partial charge >= 0.3 is 5.97 Å². The Bertz CT molecular complexity index is 291. The first kappa shape index (κ1) is 11.4. The third kappa shape index (κ3) is 3.22. The number of hydrogen-bond acceptors (Lipinski definition) is 2. The summed E-state index contributed by atoms with van der Waals surface area (Å²) in [7, 11) is 0. The van der Waals surface area contributed by atoms with Gasteiger partial charge in [0.2, 0.25) is 0 Å². The smallest absolute Gasteiger partial charge is 0.309 e. The molecule has 0 saturated heterocycles. The van der Waals surface area contributed by atoms with E-state index in [-0.39, 0.29) is 11.9 Å². The molecule has 0 amide bonds. The van der Waals surface area contributed by atoms with Crippen LogP contribution in [-0.4, -0.2) is 12.6 Å². The Morgan fingerprint density at radius 3 is 2.81 bits per heavy atom. The molecule has 0 aromatic heterocycles. The van der Waals surface area contributed by atoms with E-state index in [1.807, 2.05) is 0 Å². The maximum atomic E-state index is 11.8. The molecule has 0 fully saturated rings. The number of rotatable bonds is 3. The molecule has 2 unspecified atom stereocenters. The standard InChI is InChI=1S/C14H20O2/c15-14(13-9-5-2-6-10-13)16-11-12-7-3-1-4-8-12/h2-3,5,7,12-13H,1,4,6,8-11H2. The van der Waals surface area contributed by atoms with E-state index < -0.39 is 0 Å². The van der Waals surface area contributed by atoms with Crippen LogP contribution in [0.1, 0.15) is 38.5 Å². The third-order valence-corrected chi connectivity index (χ3v) is 3.40. The van der Waals surface area contributed by atoms with E-state index in [2.05, 4.69) is 24.3 Å². The highest BCUT2D eigenvalue weighted by Crippen LogP contribution is 2.21. The Balaban J connectivity index is 1.72. The van der Waals surface area contributed by atoms with Crippen molar-refractivity contribution < 1.29 is 9.53 Å². The van der Waals surface area contributed by atoms with Crippen molar-refractivity contribution in [2.75, 3.05) is 6.61 Å². The molecular weight excluding hydrogens is 200 g/mol. The molecule has 2 heteroatoms. The lowest BCUT2D eigenvalue weighted by Gasteiger charge is -2.20. The molecule has 2 atom stereocenters. The van der Waals surface area contributed by atoms with Crippen LogP contribution in [-0.2, 0) is 9.53 Å². The zero-order chi connectivity index (χ0) is 11.2. The van der Waals surface area contributed by atoms with E-state index in [1.54, 1.807) is 0 Å². The Hall–Kier alpha value is -1.05. The number of hydrogen-bond donors (Lipinski definition) is 0. The highest BCUT2D eigenvalue weighted by Gasteiger charge is 2.21. The lowest BCUT2D eigenvalue weighted by molar-refractivity contribution is -0.149. The molecule has 0 aromatic rings. The Labute approximate surface area is 97.4 Å². The van der Waals surface area contributed by atoms with E-state index in [1.165, 1.54) is 12.8 Å². The molecule has 16 heavy (non-hydrogen) atoms. The molecular formula is C14H20O2. The largest absolute Gasteiger partial charge is 0.465 e. The van der Waals surface area contributed by atoms with Gasteiger partial charge in [-0.3, -0.25) is 4.79 Å². The van der Waals surface area contributed by atoms with Crippen molar-refractivity contribution in [1.29, 1.82) is 0 Å². The Kier molecular flexibility index (Phi) is 4.20. The maximum Gasteiger partial charge on any atom is 0.309 e. The van der Waals surface area contributed by atoms with E-state index in [9.17, 15) is 4.79 Å². The number of allylic oxidation sites excluding steroid dienone is 3. The number of carbonyl (C=O) groups excluding carboxylic acids is 1. The van der Waals surface area contributed by atoms with E-state index >= 15 is 0 Å². The van der Waals surface area contributed by atoms with Gasteiger partial charge in [0.1, 0.15) is 0 Å². The summed E-state index contributed by atoms with van der Waals surface area (Å²) in [5.41, 5.74) is 0. The van der Waals surface area contributed by atoms with Crippen LogP contribution in [0, 0.1) is 11.8 Å². The van der Waals surface area contributed by atoms with Crippen molar-refractivity contribution in [2.24, 2.45) is 11.8 Å². The summed E-state index contributed by atoms with van der Waals surface area (Å²) in [6.45, 7) is 0.579. The fourth-order valence-corrected chi connectivity index (χ4v) is 2.34. The molecule has 0 saturated carbocycles. The molecule has 2 aliphatic carbocycles. The average molecular weight is 220 g/mol. The summed E-state index contributed by atoms with van der Waals surface area (Å²) in [4.78, 5) is 11.8. The fourth-order valence-electron chi connectivity index (χ4n) is 2.34. The molecule has 0 bridgehead atoms. The van der Waals surface area contributed by atoms with Gasteiger partial charge in [0.15, 0.2) is 0 Å². The summed E-state index contributed by atoms with van der Waals surface area (Å²) in [6.07, 6.45) is 15.0. The summed E-state index contributed by atoms with van der Waals surface area (Å²) < 4.78 is 5.40. The fraction of sp³-hybridized carbons (Fsp3) is 0.643. The van der Waals surface area contributed by atoms with Gasteiger partial charge in [-0.25, -0.2) is 0 Å². The second kappa shape index (κ2) is 5.88. The molecule has 2 aliphatic rings. The highest BCUT2D eigenvalue weighted by molar-refractivity contribution is 5.72. The van der Waals surface area contributed by atoms with Crippen LogP contribution in [0.25, 0.3) is 0 Å². The molecule has 2 nitrogen and oxygen atoms in total. The molecule has 0 aliphatic heterocycles. The van der Waals surface area contributed by atoms with E-state index in [0.29, 0.717) is 12.5 Å². The van der Waals surface area contributed by atoms with Crippen molar-refractivity contribution in [2.45, 2.75) is 38.5 Å². The lowest BCUT2D eigenvalue weighted by Crippen LogP contribution is -2.22. The summed E-state index contributed by atoms with van der Waals surface area (Å²) in [6, 6.07) is 0. The minimum Gasteiger partial charge on any atom is -0.465 e. The van der Waals surface area contributed by atoms with Gasteiger partial charge < -0.3 is 4.74 Å². The van der Waals surface area contributed by atoms with Crippen LogP contribution in [0.15, 0.2) is 24.3 Å². The van der Waals surface area contributed by atoms with Gasteiger partial charge in [0.05, 0.1) is 12.5 Å². The molecule has 0 radical (unpaired) electrons. The van der Waals surface area contributed by atoms with Crippen molar-refractivity contribution in [3.05, 3.63) is 24.3 Å². The Morgan fingerprint density at radius 1 is 1.19 bits per heavy atom. The maximum absolute atomic E-state index is 11.8. The van der Waals surface area contributed by atoms with Crippen LogP contribution < -0.4 is 0 Å². The van der Waals surface area contributed by atoms with Crippen molar-refractivity contribution in [1.82, 2.24) is 0 Å². The quantitative estimate of drug-likeness (QED) is 0.539. The molecule has 88 valence electrons. The predicted octanol–water partition coefficient (Wildman–Crippen LogP) is 3.24. The number of ether oxygens (including phenoxy) is 1. The van der Waals surface area contributed by atoms with Crippen LogP contribution in [0.4, 0.5) is 0 Å². The minimum atomic E-state index is 0.00308. The predicted molar refractivity (Wildman–Crippen MR) is 63.9 cm³/mol. The van der Waals surface area contributed by atoms with Gasteiger partial charge in [-0.2, -0.15) is 0 Å². The van der Waals surface area contributed by atoms with Crippen molar-refractivity contribution in [3.8, 4) is 0 Å². The summed E-state index contributed by atoms with van der Waals surface area (Å²) >= 11 is 0. The van der Waals surface area contributed by atoms with Gasteiger partial charge in [-0.05, 0) is 38.5 Å². The van der Waals surface area contributed by atoms with Gasteiger partial charge in [-0.15, -0.1) is 0 Å². The van der Waals surface area contributed by atoms with E-state index in [4.69, 9.17) is 4.74 Å². The third-order valence-electron chi connectivity index (χ3n) is 3.40. The first-order valence-corrected chi connectivity index (χ1v) is 6.34. The van der Waals surface area contributed by atoms with Crippen molar-refractivity contribution >= 4 is 5.97 Å². The van der Waals surface area contributed by atoms with Gasteiger partial charge in [0, 0.05) is 5.92 Å². The van der Waals surface area contributed by atoms with Crippen LogP contribution >= 0.6 is 0 Å². The van der Waals surface area contributed by atoms with Gasteiger partial charge in [0.25, 0.3) is 0 Å². The monoisotopic (exact) mass is 220 g/mol. The zero-order valence-corrected chi connectivity index (χ0v) is 9.73. The second-order valence-electron chi connectivity index (χ2n) is 4.73. The molecule has 0 aromatic carbocycles. The summed E-state index contributed by atoms with van der Waals surface area (Å²) in [5, 5.41) is 0. The zero-order valence-electron chi connectivity index (χ0n) is 9.73. The SMILES string of the molecule is O=C(OCC1C=CCCC1)C1CC=CCC1. The van der Waals surface area contributed by atoms with Gasteiger partial charge in [-0.1, -0.05) is 24.3 Å². The molecule has 0 spiro atoms. The second-order valence-corrected chi connectivity index (χ2v) is 4.73. The average Bonchev–Trinajstić information content (AvgIpc) is 2.38. The molecule has 2 rings (SSSR count). The first-order valence-electron chi connectivity index (χ1n) is 6.34. The number of carbonyl (C=O) groups is 1. The highest BCUT2D eigenvalue weighted by atomic mass is 16.5. The first-order chi connectivity index (χ1) is 7.86. The van der Waals surface area contributed by atoms with Crippen molar-refractivity contribution in [3.63, 3.8) is 0 Å². The summed E-state index contributed by atoms with van der Waals surface area (Å²) in [5.74, 6) is 0.567. The van der Waals surface area contributed by atoms with Crippen LogP contribution in [0.2, 0.25) is 0 Å². The minimum absolute atomic E-state index is 0.00308. The lowest BCUT2D eigenvalue weighted by atomic mass is 9.94. The Morgan fingerprint density at radius 2 is 2.12 bits per heavy atom. The molecule has 0 heterocycles. The van der Waals surface area contributed by atoms with Crippen LogP contribution in [0.5, 0.6) is 0 Å². The van der Waals surface area contributed by atoms with E-state index in [0.717, 1.165) is 25.7 Å². The topological polar surface area (TPSA) is 26.3 Å². The molecule has 0 N–H and O–H groups in total. The normalized spacial score (nSPS) is 29.0. The van der Waals surface area contributed by atoms with Crippen LogP contribution in [0.3, 0.4) is 0 Å². The number of esters is 1.